The third-order valence-corrected chi connectivity index (χ3v) is 2.98. The van der Waals surface area contributed by atoms with Gasteiger partial charge in [0.1, 0.15) is 5.56 Å². The van der Waals surface area contributed by atoms with Crippen LogP contribution in [0.25, 0.3) is 0 Å². The van der Waals surface area contributed by atoms with Crippen molar-refractivity contribution in [1.29, 1.82) is 0 Å². The first-order valence-electron chi connectivity index (χ1n) is 6.20. The van der Waals surface area contributed by atoms with Gasteiger partial charge in [-0.1, -0.05) is 18.2 Å². The summed E-state index contributed by atoms with van der Waals surface area (Å²) in [6.07, 6.45) is 0. The van der Waals surface area contributed by atoms with Gasteiger partial charge >= 0.3 is 0 Å². The van der Waals surface area contributed by atoms with Gasteiger partial charge in [-0.2, -0.15) is 0 Å². The fourth-order valence-corrected chi connectivity index (χ4v) is 1.98. The zero-order valence-electron chi connectivity index (χ0n) is 11.5. The van der Waals surface area contributed by atoms with Crippen molar-refractivity contribution < 1.29 is 14.6 Å². The van der Waals surface area contributed by atoms with Crippen molar-refractivity contribution in [3.8, 4) is 0 Å². The second-order valence-electron chi connectivity index (χ2n) is 4.49. The lowest BCUT2D eigenvalue weighted by atomic mass is 10.1. The fraction of sp³-hybridized carbons (Fsp3) is 0.0714. The Balaban J connectivity index is 2.34. The zero-order chi connectivity index (χ0) is 16.3. The van der Waals surface area contributed by atoms with Crippen LogP contribution in [0.1, 0.15) is 15.9 Å². The highest BCUT2D eigenvalue weighted by Gasteiger charge is 2.22. The van der Waals surface area contributed by atoms with Crippen LogP contribution < -0.4 is 5.32 Å². The molecule has 0 aromatic heterocycles. The van der Waals surface area contributed by atoms with Gasteiger partial charge in [-0.25, -0.2) is 0 Å². The van der Waals surface area contributed by atoms with Gasteiger partial charge in [0, 0.05) is 23.4 Å². The highest BCUT2D eigenvalue weighted by Crippen LogP contribution is 2.24. The molecule has 0 atom stereocenters. The second kappa shape index (κ2) is 6.00. The lowest BCUT2D eigenvalue weighted by Gasteiger charge is -2.07. The normalized spacial score (nSPS) is 10.0. The number of amides is 1. The molecule has 8 heteroatoms. The maximum Gasteiger partial charge on any atom is 0.285 e. The van der Waals surface area contributed by atoms with Crippen molar-refractivity contribution in [2.24, 2.45) is 0 Å². The number of non-ortho nitro benzene ring substituents is 1. The Morgan fingerprint density at radius 3 is 2.36 bits per heavy atom. The Kier molecular flexibility index (Phi) is 4.12. The monoisotopic (exact) mass is 301 g/mol. The first-order chi connectivity index (χ1) is 10.4. The Bertz CT molecular complexity index is 773. The summed E-state index contributed by atoms with van der Waals surface area (Å²) in [4.78, 5) is 32.7. The van der Waals surface area contributed by atoms with Gasteiger partial charge in [0.15, 0.2) is 0 Å². The minimum absolute atomic E-state index is 0.100. The molecular weight excluding hydrogens is 290 g/mol. The number of nitro groups is 2. The number of hydrogen-bond acceptors (Lipinski definition) is 5. The molecule has 2 rings (SSSR count). The van der Waals surface area contributed by atoms with Gasteiger partial charge in [0.2, 0.25) is 0 Å². The molecular formula is C14H11N3O5. The quantitative estimate of drug-likeness (QED) is 0.688. The molecule has 8 nitrogen and oxygen atoms in total. The number of hydrogen-bond donors (Lipinski definition) is 1. The summed E-state index contributed by atoms with van der Waals surface area (Å²) in [7, 11) is 0. The van der Waals surface area contributed by atoms with Gasteiger partial charge in [-0.05, 0) is 19.1 Å². The van der Waals surface area contributed by atoms with E-state index < -0.39 is 15.8 Å². The van der Waals surface area contributed by atoms with Gasteiger partial charge < -0.3 is 5.32 Å². The van der Waals surface area contributed by atoms with Crippen LogP contribution in [0.5, 0.6) is 0 Å². The number of carbonyl (C=O) groups is 1. The van der Waals surface area contributed by atoms with Crippen molar-refractivity contribution in [2.45, 2.75) is 6.92 Å². The molecule has 0 aliphatic carbocycles. The molecule has 22 heavy (non-hydrogen) atoms. The lowest BCUT2D eigenvalue weighted by Crippen LogP contribution is -2.14. The van der Waals surface area contributed by atoms with Crippen LogP contribution in [-0.2, 0) is 0 Å². The predicted octanol–water partition coefficient (Wildman–Crippen LogP) is 3.06. The Morgan fingerprint density at radius 1 is 1.05 bits per heavy atom. The van der Waals surface area contributed by atoms with Crippen LogP contribution >= 0.6 is 0 Å². The number of nitro benzene ring substituents is 2. The zero-order valence-corrected chi connectivity index (χ0v) is 11.5. The van der Waals surface area contributed by atoms with E-state index in [0.29, 0.717) is 5.56 Å². The molecule has 0 fully saturated rings. The third-order valence-electron chi connectivity index (χ3n) is 2.98. The Hall–Kier alpha value is -3.29. The van der Waals surface area contributed by atoms with Crippen LogP contribution in [0.15, 0.2) is 42.5 Å². The number of carbonyl (C=O) groups excluding carboxylic acids is 1. The molecule has 0 heterocycles. The standard InChI is InChI=1S/C14H11N3O5/c1-9-4-2-7-12(13(9)17(21)22)14(18)15-10-5-3-6-11(8-10)16(19)20/h2-8H,1H3,(H,15,18). The molecule has 0 aliphatic heterocycles. The molecule has 0 bridgehead atoms. The van der Waals surface area contributed by atoms with E-state index in [-0.39, 0.29) is 22.6 Å². The molecule has 0 unspecified atom stereocenters. The Morgan fingerprint density at radius 2 is 1.73 bits per heavy atom. The van der Waals surface area contributed by atoms with Gasteiger partial charge in [0.25, 0.3) is 17.3 Å². The molecule has 1 N–H and O–H groups in total. The number of nitrogens with one attached hydrogen (secondary N) is 1. The largest absolute Gasteiger partial charge is 0.322 e. The molecule has 2 aromatic carbocycles. The van der Waals surface area contributed by atoms with Crippen molar-refractivity contribution in [3.63, 3.8) is 0 Å². The van der Waals surface area contributed by atoms with E-state index >= 15 is 0 Å². The molecule has 1 amide bonds. The predicted molar refractivity (Wildman–Crippen MR) is 78.9 cm³/mol. The van der Waals surface area contributed by atoms with Crippen molar-refractivity contribution in [3.05, 3.63) is 73.8 Å². The molecule has 0 saturated carbocycles. The molecule has 0 aliphatic rings. The maximum absolute atomic E-state index is 12.2. The number of benzene rings is 2. The highest BCUT2D eigenvalue weighted by atomic mass is 16.6. The number of anilines is 1. The average molecular weight is 301 g/mol. The molecule has 0 radical (unpaired) electrons. The van der Waals surface area contributed by atoms with Crippen molar-refractivity contribution >= 4 is 23.0 Å². The first kappa shape index (κ1) is 15.1. The molecule has 2 aromatic rings. The van der Waals surface area contributed by atoms with E-state index in [1.807, 2.05) is 0 Å². The van der Waals surface area contributed by atoms with Crippen molar-refractivity contribution in [1.82, 2.24) is 0 Å². The van der Waals surface area contributed by atoms with E-state index in [9.17, 15) is 25.0 Å². The first-order valence-corrected chi connectivity index (χ1v) is 6.20. The van der Waals surface area contributed by atoms with E-state index in [2.05, 4.69) is 5.32 Å². The van der Waals surface area contributed by atoms with Crippen LogP contribution in [0.4, 0.5) is 17.1 Å². The fourth-order valence-electron chi connectivity index (χ4n) is 1.98. The van der Waals surface area contributed by atoms with Crippen LogP contribution in [0.2, 0.25) is 0 Å². The van der Waals surface area contributed by atoms with Crippen molar-refractivity contribution in [2.75, 3.05) is 5.32 Å². The van der Waals surface area contributed by atoms with E-state index in [1.54, 1.807) is 0 Å². The van der Waals surface area contributed by atoms with E-state index in [1.165, 1.54) is 49.4 Å². The number of para-hydroxylation sites is 1. The number of aryl methyl sites for hydroxylation is 1. The summed E-state index contributed by atoms with van der Waals surface area (Å²) in [5, 5.41) is 24.2. The second-order valence-corrected chi connectivity index (χ2v) is 4.49. The van der Waals surface area contributed by atoms with Crippen LogP contribution in [-0.4, -0.2) is 15.8 Å². The summed E-state index contributed by atoms with van der Waals surface area (Å²) in [5.74, 6) is -0.698. The summed E-state index contributed by atoms with van der Waals surface area (Å²) in [6, 6.07) is 9.74. The summed E-state index contributed by atoms with van der Waals surface area (Å²) >= 11 is 0. The topological polar surface area (TPSA) is 115 Å². The van der Waals surface area contributed by atoms with Crippen LogP contribution in [0, 0.1) is 27.2 Å². The van der Waals surface area contributed by atoms with Gasteiger partial charge in [0.05, 0.1) is 9.85 Å². The highest BCUT2D eigenvalue weighted by molar-refractivity contribution is 6.07. The van der Waals surface area contributed by atoms with E-state index in [0.717, 1.165) is 0 Å². The lowest BCUT2D eigenvalue weighted by molar-refractivity contribution is -0.385. The third kappa shape index (κ3) is 3.06. The average Bonchev–Trinajstić information content (AvgIpc) is 2.46. The Labute approximate surface area is 124 Å². The molecule has 112 valence electrons. The smallest absolute Gasteiger partial charge is 0.285 e. The van der Waals surface area contributed by atoms with Crippen LogP contribution in [0.3, 0.4) is 0 Å². The minimum Gasteiger partial charge on any atom is -0.322 e. The number of nitrogens with zero attached hydrogens (tertiary/aromatic N) is 2. The maximum atomic E-state index is 12.2. The summed E-state index contributed by atoms with van der Waals surface area (Å²) in [5.41, 5.74) is -0.0230. The SMILES string of the molecule is Cc1cccc(C(=O)Nc2cccc([N+](=O)[O-])c2)c1[N+](=O)[O-]. The molecule has 0 spiro atoms. The minimum atomic E-state index is -0.698. The molecule has 0 saturated heterocycles. The number of rotatable bonds is 4. The summed E-state index contributed by atoms with van der Waals surface area (Å²) < 4.78 is 0. The van der Waals surface area contributed by atoms with Gasteiger partial charge in [-0.3, -0.25) is 25.0 Å². The van der Waals surface area contributed by atoms with E-state index in [4.69, 9.17) is 0 Å². The summed E-state index contributed by atoms with van der Waals surface area (Å²) in [6.45, 7) is 1.53. The van der Waals surface area contributed by atoms with Gasteiger partial charge in [-0.15, -0.1) is 0 Å².